The molecule has 0 unspecified atom stereocenters. The van der Waals surface area contributed by atoms with Gasteiger partial charge in [-0.25, -0.2) is 4.98 Å². The lowest BCUT2D eigenvalue weighted by Gasteiger charge is -2.33. The van der Waals surface area contributed by atoms with Crippen LogP contribution in [0.3, 0.4) is 0 Å². The van der Waals surface area contributed by atoms with E-state index in [2.05, 4.69) is 4.98 Å². The summed E-state index contributed by atoms with van der Waals surface area (Å²) in [7, 11) is 0. The van der Waals surface area contributed by atoms with E-state index in [0.717, 1.165) is 16.5 Å². The van der Waals surface area contributed by atoms with Crippen molar-refractivity contribution in [3.63, 3.8) is 0 Å². The Labute approximate surface area is 172 Å². The van der Waals surface area contributed by atoms with Gasteiger partial charge in [-0.2, -0.15) is 17.6 Å². The minimum absolute atomic E-state index is 0.00374. The maximum Gasteiger partial charge on any atom is 0.356 e. The van der Waals surface area contributed by atoms with E-state index < -0.39 is 30.0 Å². The highest BCUT2D eigenvalue weighted by atomic mass is 19.3. The zero-order valence-corrected chi connectivity index (χ0v) is 15.3. The molecule has 0 saturated carbocycles. The summed E-state index contributed by atoms with van der Waals surface area (Å²) in [6, 6.07) is 16.3. The summed E-state index contributed by atoms with van der Waals surface area (Å²) in [5.41, 5.74) is -2.22. The van der Waals surface area contributed by atoms with Crippen LogP contribution in [-0.4, -0.2) is 9.38 Å². The molecule has 0 spiro atoms. The van der Waals surface area contributed by atoms with Crippen molar-refractivity contribution in [2.75, 3.05) is 0 Å². The molecule has 0 fully saturated rings. The van der Waals surface area contributed by atoms with Crippen LogP contribution < -0.4 is 0 Å². The fraction of sp³-hybridized carbons (Fsp3) is 0.125. The van der Waals surface area contributed by atoms with Gasteiger partial charge in [0.05, 0.1) is 16.8 Å². The van der Waals surface area contributed by atoms with Gasteiger partial charge in [0.2, 0.25) is 0 Å². The molecular weight excluding hydrogens is 392 g/mol. The molecule has 30 heavy (non-hydrogen) atoms. The number of benzene rings is 3. The van der Waals surface area contributed by atoms with E-state index in [1.807, 2.05) is 0 Å². The zero-order chi connectivity index (χ0) is 23.3. The van der Waals surface area contributed by atoms with Crippen LogP contribution >= 0.6 is 0 Å². The van der Waals surface area contributed by atoms with Crippen molar-refractivity contribution in [2.24, 2.45) is 0 Å². The van der Waals surface area contributed by atoms with Crippen molar-refractivity contribution >= 4 is 27.3 Å². The second kappa shape index (κ2) is 5.39. The van der Waals surface area contributed by atoms with Gasteiger partial charge >= 0.3 is 11.8 Å². The number of nitrogens with zero attached hydrogens (tertiary/aromatic N) is 2. The molecule has 1 aliphatic heterocycles. The second-order valence-electron chi connectivity index (χ2n) is 7.41. The number of fused-ring (bicyclic) bond motifs is 3. The van der Waals surface area contributed by atoms with E-state index in [0.29, 0.717) is 10.8 Å². The van der Waals surface area contributed by atoms with E-state index in [1.54, 1.807) is 42.5 Å². The van der Waals surface area contributed by atoms with Crippen LogP contribution in [0.5, 0.6) is 0 Å². The Hall–Kier alpha value is -3.41. The van der Waals surface area contributed by atoms with Crippen LogP contribution in [-0.2, 0) is 11.8 Å². The Morgan fingerprint density at radius 1 is 0.833 bits per heavy atom. The first kappa shape index (κ1) is 14.6. The van der Waals surface area contributed by atoms with E-state index >= 15 is 17.6 Å². The van der Waals surface area contributed by atoms with Gasteiger partial charge in [0.25, 0.3) is 0 Å². The largest absolute Gasteiger partial charge is 0.356 e. The normalized spacial score (nSPS) is 18.6. The first-order valence-corrected chi connectivity index (χ1v) is 9.27. The smallest absolute Gasteiger partial charge is 0.289 e. The van der Waals surface area contributed by atoms with Gasteiger partial charge in [-0.3, -0.25) is 4.40 Å². The lowest BCUT2D eigenvalue weighted by molar-refractivity contribution is -0.227. The zero-order valence-electron chi connectivity index (χ0n) is 18.3. The Bertz CT molecular complexity index is 1610. The maximum absolute atomic E-state index is 15.6. The molecule has 0 bridgehead atoms. The molecule has 0 amide bonds. The summed E-state index contributed by atoms with van der Waals surface area (Å²) in [6.07, 6.45) is 0. The number of aryl methyl sites for hydroxylation is 1. The average molecular weight is 409 g/mol. The molecule has 0 N–H and O–H groups in total. The van der Waals surface area contributed by atoms with Gasteiger partial charge in [0, 0.05) is 20.4 Å². The third kappa shape index (κ3) is 1.87. The number of aromatic nitrogens is 2. The number of hydrogen-bond donors (Lipinski definition) is 0. The van der Waals surface area contributed by atoms with Crippen molar-refractivity contribution < 1.29 is 21.7 Å². The van der Waals surface area contributed by atoms with Crippen LogP contribution in [0.25, 0.3) is 38.6 Å². The van der Waals surface area contributed by atoms with Gasteiger partial charge in [-0.05, 0) is 17.8 Å². The molecule has 0 atom stereocenters. The Morgan fingerprint density at radius 2 is 1.53 bits per heavy atom. The van der Waals surface area contributed by atoms with Crippen LogP contribution in [0.4, 0.5) is 17.6 Å². The fourth-order valence-corrected chi connectivity index (χ4v) is 4.47. The molecule has 2 nitrogen and oxygen atoms in total. The van der Waals surface area contributed by atoms with Crippen LogP contribution in [0, 0.1) is 6.85 Å². The lowest BCUT2D eigenvalue weighted by atomic mass is 9.89. The van der Waals surface area contributed by atoms with E-state index in [-0.39, 0.29) is 33.4 Å². The summed E-state index contributed by atoms with van der Waals surface area (Å²) >= 11 is 0. The highest BCUT2D eigenvalue weighted by molar-refractivity contribution is 6.14. The number of hydrogen-bond acceptors (Lipinski definition) is 1. The minimum atomic E-state index is -4.58. The summed E-state index contributed by atoms with van der Waals surface area (Å²) < 4.78 is 86.9. The Kier molecular flexibility index (Phi) is 2.61. The van der Waals surface area contributed by atoms with E-state index in [4.69, 9.17) is 4.11 Å². The first-order valence-electron chi connectivity index (χ1n) is 10.8. The fourth-order valence-electron chi connectivity index (χ4n) is 4.47. The summed E-state index contributed by atoms with van der Waals surface area (Å²) in [4.78, 5) is 4.43. The first-order chi connectivity index (χ1) is 15.5. The second-order valence-corrected chi connectivity index (χ2v) is 7.41. The molecule has 0 saturated heterocycles. The predicted octanol–water partition coefficient (Wildman–Crippen LogP) is 6.81. The molecule has 6 rings (SSSR count). The predicted molar refractivity (Wildman–Crippen MR) is 108 cm³/mol. The maximum atomic E-state index is 15.6. The highest BCUT2D eigenvalue weighted by Crippen LogP contribution is 2.57. The molecule has 3 heterocycles. The minimum Gasteiger partial charge on any atom is -0.289 e. The lowest BCUT2D eigenvalue weighted by Crippen LogP contribution is -2.40. The quantitative estimate of drug-likeness (QED) is 0.219. The molecule has 0 aliphatic carbocycles. The van der Waals surface area contributed by atoms with Crippen molar-refractivity contribution in [3.05, 3.63) is 83.6 Å². The standard InChI is InChI=1S/C24H14F4N2/c1-13-11-12-17-20-18(13)15-9-5-6-10-16(15)22-29-19(14-7-3-2-4-8-14)21(30(20)22)24(27,28)23(17,25)26/h2-12H,1H3/i1D3. The van der Waals surface area contributed by atoms with Gasteiger partial charge < -0.3 is 0 Å². The van der Waals surface area contributed by atoms with Gasteiger partial charge in [0.1, 0.15) is 11.3 Å². The van der Waals surface area contributed by atoms with Crippen molar-refractivity contribution in [3.8, 4) is 11.3 Å². The topological polar surface area (TPSA) is 17.3 Å². The monoisotopic (exact) mass is 409 g/mol. The molecule has 5 aromatic rings. The molecule has 0 radical (unpaired) electrons. The summed E-state index contributed by atoms with van der Waals surface area (Å²) in [5.74, 6) is -9.16. The molecule has 2 aromatic heterocycles. The molecule has 3 aromatic carbocycles. The van der Waals surface area contributed by atoms with Crippen LogP contribution in [0.2, 0.25) is 0 Å². The van der Waals surface area contributed by atoms with E-state index in [9.17, 15) is 0 Å². The van der Waals surface area contributed by atoms with Gasteiger partial charge in [0.15, 0.2) is 0 Å². The number of alkyl halides is 4. The van der Waals surface area contributed by atoms with Gasteiger partial charge in [-0.1, -0.05) is 66.7 Å². The third-order valence-electron chi connectivity index (χ3n) is 5.79. The van der Waals surface area contributed by atoms with Gasteiger partial charge in [-0.15, -0.1) is 0 Å². The Morgan fingerprint density at radius 3 is 2.27 bits per heavy atom. The Balaban J connectivity index is 1.98. The molecule has 148 valence electrons. The molecule has 1 aliphatic rings. The third-order valence-corrected chi connectivity index (χ3v) is 5.79. The van der Waals surface area contributed by atoms with Crippen molar-refractivity contribution in [1.29, 1.82) is 0 Å². The number of halogens is 4. The van der Waals surface area contributed by atoms with Crippen LogP contribution in [0.15, 0.2) is 66.7 Å². The summed E-state index contributed by atoms with van der Waals surface area (Å²) in [5, 5.41) is 0.770. The van der Waals surface area contributed by atoms with Crippen LogP contribution in [0.1, 0.15) is 20.9 Å². The number of rotatable bonds is 1. The highest BCUT2D eigenvalue weighted by Gasteiger charge is 2.64. The summed E-state index contributed by atoms with van der Waals surface area (Å²) in [6.45, 7) is -2.65. The SMILES string of the molecule is [2H]C([2H])([2H])c1ccc2c3c1c1ccccc1c1nc(-c4ccccc4)c(n13)C(F)(F)C2(F)F. The molecular formula is C24H14F4N2. The average Bonchev–Trinajstić information content (AvgIpc) is 3.19. The van der Waals surface area contributed by atoms with Crippen molar-refractivity contribution in [1.82, 2.24) is 9.38 Å². The van der Waals surface area contributed by atoms with Crippen molar-refractivity contribution in [2.45, 2.75) is 18.7 Å². The number of pyridine rings is 1. The molecule has 6 heteroatoms. The van der Waals surface area contributed by atoms with E-state index in [1.165, 1.54) is 12.1 Å². The number of imidazole rings is 1.